The third kappa shape index (κ3) is 5.25. The van der Waals surface area contributed by atoms with Crippen LogP contribution in [0.15, 0.2) is 24.3 Å². The number of benzene rings is 1. The van der Waals surface area contributed by atoms with Crippen molar-refractivity contribution in [2.45, 2.75) is 44.9 Å². The average molecular weight is 432 g/mol. The van der Waals surface area contributed by atoms with Gasteiger partial charge in [0, 0.05) is 18.7 Å². The van der Waals surface area contributed by atoms with Gasteiger partial charge in [0.1, 0.15) is 17.7 Å². The first-order valence-electron chi connectivity index (χ1n) is 9.75. The summed E-state index contributed by atoms with van der Waals surface area (Å²) in [5.41, 5.74) is 0.0482. The molecule has 2 atom stereocenters. The summed E-state index contributed by atoms with van der Waals surface area (Å²) in [5.74, 6) is 0.746. The predicted octanol–water partition coefficient (Wildman–Crippen LogP) is 2.63. The van der Waals surface area contributed by atoms with E-state index in [0.717, 1.165) is 5.75 Å². The Morgan fingerprint density at radius 2 is 1.90 bits per heavy atom. The van der Waals surface area contributed by atoms with Crippen molar-refractivity contribution in [2.75, 3.05) is 24.7 Å². The second-order valence-corrected chi connectivity index (χ2v) is 9.31. The van der Waals surface area contributed by atoms with E-state index < -0.39 is 29.8 Å². The van der Waals surface area contributed by atoms with Crippen LogP contribution >= 0.6 is 11.8 Å². The molecule has 3 rings (SSSR count). The van der Waals surface area contributed by atoms with E-state index in [-0.39, 0.29) is 18.9 Å². The molecule has 0 saturated carbocycles. The van der Waals surface area contributed by atoms with E-state index in [1.165, 1.54) is 29.2 Å². The van der Waals surface area contributed by atoms with Crippen LogP contribution in [0.4, 0.5) is 4.79 Å². The quantitative estimate of drug-likeness (QED) is 0.678. The highest BCUT2D eigenvalue weighted by atomic mass is 32.2. The molecule has 30 heavy (non-hydrogen) atoms. The molecular weight excluding hydrogens is 406 g/mol. The fourth-order valence-electron chi connectivity index (χ4n) is 3.34. The molecule has 160 valence electrons. The first-order valence-corrected chi connectivity index (χ1v) is 10.9. The molecule has 2 aliphatic heterocycles. The largest absolute Gasteiger partial charge is 0.457 e. The minimum absolute atomic E-state index is 0.0916. The van der Waals surface area contributed by atoms with Crippen LogP contribution in [0.3, 0.4) is 0 Å². The summed E-state index contributed by atoms with van der Waals surface area (Å²) in [6.07, 6.45) is -0.990. The molecule has 0 radical (unpaired) electrons. The zero-order valence-electron chi connectivity index (χ0n) is 17.3. The lowest BCUT2D eigenvalue weighted by Crippen LogP contribution is -2.48. The number of hydrogen-bond donors (Lipinski definition) is 0. The van der Waals surface area contributed by atoms with Gasteiger partial charge in [-0.25, -0.2) is 9.59 Å². The Balaban J connectivity index is 1.72. The smallest absolute Gasteiger partial charge is 0.411 e. The second-order valence-electron chi connectivity index (χ2n) is 8.24. The third-order valence-electron chi connectivity index (χ3n) is 4.76. The average Bonchev–Trinajstić information content (AvgIpc) is 3.36. The molecule has 0 aliphatic carbocycles. The van der Waals surface area contributed by atoms with Gasteiger partial charge in [0.25, 0.3) is 0 Å². The molecule has 1 aromatic rings. The summed E-state index contributed by atoms with van der Waals surface area (Å²) < 4.78 is 11.0. The van der Waals surface area contributed by atoms with E-state index in [2.05, 4.69) is 0 Å². The highest BCUT2D eigenvalue weighted by molar-refractivity contribution is 7.99. The van der Waals surface area contributed by atoms with Gasteiger partial charge in [0.2, 0.25) is 5.91 Å². The minimum atomic E-state index is -0.725. The number of carbonyl (C=O) groups is 3. The molecule has 8 nitrogen and oxygen atoms in total. The predicted molar refractivity (Wildman–Crippen MR) is 111 cm³/mol. The van der Waals surface area contributed by atoms with Gasteiger partial charge < -0.3 is 14.4 Å². The van der Waals surface area contributed by atoms with Crippen molar-refractivity contribution < 1.29 is 23.9 Å². The fraction of sp³-hybridized carbons (Fsp3) is 0.524. The Bertz CT molecular complexity index is 853. The highest BCUT2D eigenvalue weighted by Crippen LogP contribution is 2.27. The van der Waals surface area contributed by atoms with Gasteiger partial charge in [-0.15, -0.1) is 11.8 Å². The Hall–Kier alpha value is -2.73. The normalized spacial score (nSPS) is 21.3. The third-order valence-corrected chi connectivity index (χ3v) is 5.73. The van der Waals surface area contributed by atoms with Crippen molar-refractivity contribution in [2.24, 2.45) is 0 Å². The first-order chi connectivity index (χ1) is 14.2. The lowest BCUT2D eigenvalue weighted by atomic mass is 10.1. The number of nitrogens with zero attached hydrogens (tertiary/aromatic N) is 3. The van der Waals surface area contributed by atoms with Crippen LogP contribution in [-0.2, 0) is 14.3 Å². The van der Waals surface area contributed by atoms with Crippen molar-refractivity contribution in [3.8, 4) is 6.07 Å². The van der Waals surface area contributed by atoms with Crippen molar-refractivity contribution in [3.63, 3.8) is 0 Å². The Morgan fingerprint density at radius 1 is 1.20 bits per heavy atom. The van der Waals surface area contributed by atoms with Crippen LogP contribution in [0.5, 0.6) is 0 Å². The van der Waals surface area contributed by atoms with Crippen molar-refractivity contribution >= 4 is 29.7 Å². The fourth-order valence-corrected chi connectivity index (χ4v) is 4.29. The maximum atomic E-state index is 13.0. The highest BCUT2D eigenvalue weighted by Gasteiger charge is 2.45. The van der Waals surface area contributed by atoms with E-state index in [9.17, 15) is 14.4 Å². The van der Waals surface area contributed by atoms with Gasteiger partial charge in [-0.3, -0.25) is 9.69 Å². The summed E-state index contributed by atoms with van der Waals surface area (Å²) in [5, 5.41) is 8.88. The minimum Gasteiger partial charge on any atom is -0.457 e. The topological polar surface area (TPSA) is 99.9 Å². The molecule has 0 unspecified atom stereocenters. The molecule has 0 N–H and O–H groups in total. The Kier molecular flexibility index (Phi) is 6.56. The maximum Gasteiger partial charge on any atom is 0.411 e. The summed E-state index contributed by atoms with van der Waals surface area (Å²) in [4.78, 5) is 41.3. The molecule has 2 heterocycles. The molecule has 0 aromatic heterocycles. The van der Waals surface area contributed by atoms with Gasteiger partial charge in [0.05, 0.1) is 29.6 Å². The second kappa shape index (κ2) is 8.96. The number of esters is 1. The molecule has 2 amide bonds. The van der Waals surface area contributed by atoms with Gasteiger partial charge >= 0.3 is 12.1 Å². The maximum absolute atomic E-state index is 13.0. The molecule has 9 heteroatoms. The number of ether oxygens (including phenoxy) is 2. The van der Waals surface area contributed by atoms with Gasteiger partial charge in [-0.05, 0) is 45.0 Å². The van der Waals surface area contributed by atoms with Gasteiger partial charge in [0.15, 0.2) is 0 Å². The van der Waals surface area contributed by atoms with E-state index in [1.54, 1.807) is 37.4 Å². The molecule has 2 saturated heterocycles. The summed E-state index contributed by atoms with van der Waals surface area (Å²) in [7, 11) is 0. The molecular formula is C21H25N3O5S. The summed E-state index contributed by atoms with van der Waals surface area (Å²) in [6.45, 7) is 6.01. The van der Waals surface area contributed by atoms with Crippen molar-refractivity contribution in [3.05, 3.63) is 35.4 Å². The zero-order chi connectivity index (χ0) is 21.9. The van der Waals surface area contributed by atoms with E-state index >= 15 is 0 Å². The first kappa shape index (κ1) is 22.0. The SMILES string of the molecule is CC(C)(C)OC(=O)N1C[C@@H](OC(=O)c2ccc(C#N)cc2)C[C@H]1C(=O)N1CCSC1. The van der Waals surface area contributed by atoms with Crippen LogP contribution in [0.1, 0.15) is 43.1 Å². The number of amides is 2. The Labute approximate surface area is 180 Å². The summed E-state index contributed by atoms with van der Waals surface area (Å²) in [6, 6.07) is 7.38. The number of hydrogen-bond acceptors (Lipinski definition) is 7. The standard InChI is InChI=1S/C21H25N3O5S/c1-21(2,3)29-20(27)24-12-16(10-17(24)18(25)23-8-9-30-13-23)28-19(26)15-6-4-14(11-22)5-7-15/h4-7,16-17H,8-10,12-13H2,1-3H3/t16-,17-/m0/s1. The van der Waals surface area contributed by atoms with Crippen LogP contribution in [0.25, 0.3) is 0 Å². The van der Waals surface area contributed by atoms with Crippen molar-refractivity contribution in [1.29, 1.82) is 5.26 Å². The molecule has 2 aliphatic rings. The van der Waals surface area contributed by atoms with E-state index in [0.29, 0.717) is 23.5 Å². The van der Waals surface area contributed by atoms with Crippen LogP contribution in [0, 0.1) is 11.3 Å². The number of carbonyl (C=O) groups excluding carboxylic acids is 3. The van der Waals surface area contributed by atoms with Crippen molar-refractivity contribution in [1.82, 2.24) is 9.80 Å². The lowest BCUT2D eigenvalue weighted by molar-refractivity contribution is -0.134. The number of nitriles is 1. The van der Waals surface area contributed by atoms with Gasteiger partial charge in [-0.1, -0.05) is 0 Å². The lowest BCUT2D eigenvalue weighted by Gasteiger charge is -2.29. The van der Waals surface area contributed by atoms with E-state index in [1.807, 2.05) is 6.07 Å². The number of likely N-dealkylation sites (tertiary alicyclic amines) is 1. The molecule has 2 fully saturated rings. The van der Waals surface area contributed by atoms with E-state index in [4.69, 9.17) is 14.7 Å². The molecule has 1 aromatic carbocycles. The zero-order valence-corrected chi connectivity index (χ0v) is 18.1. The number of thioether (sulfide) groups is 1. The Morgan fingerprint density at radius 3 is 2.47 bits per heavy atom. The molecule has 0 bridgehead atoms. The monoisotopic (exact) mass is 431 g/mol. The number of rotatable bonds is 3. The molecule has 0 spiro atoms. The summed E-state index contributed by atoms with van der Waals surface area (Å²) >= 11 is 1.66. The van der Waals surface area contributed by atoms with Crippen LogP contribution in [0.2, 0.25) is 0 Å². The van der Waals surface area contributed by atoms with Gasteiger partial charge in [-0.2, -0.15) is 5.26 Å². The van der Waals surface area contributed by atoms with Crippen LogP contribution < -0.4 is 0 Å². The van der Waals surface area contributed by atoms with Crippen LogP contribution in [-0.4, -0.2) is 70.2 Å².